The molecule has 1 aliphatic rings. The smallest absolute Gasteiger partial charge is 0.243 e. The summed E-state index contributed by atoms with van der Waals surface area (Å²) in [6, 6.07) is 11.1. The van der Waals surface area contributed by atoms with E-state index in [0.717, 1.165) is 4.31 Å². The van der Waals surface area contributed by atoms with Gasteiger partial charge in [-0.1, -0.05) is 11.6 Å². The lowest BCUT2D eigenvalue weighted by atomic mass is 9.86. The second kappa shape index (κ2) is 7.44. The Hall–Kier alpha value is -2.42. The molecule has 0 aliphatic carbocycles. The van der Waals surface area contributed by atoms with Gasteiger partial charge in [-0.2, -0.15) is 4.31 Å². The average molecular weight is 436 g/mol. The van der Waals surface area contributed by atoms with Crippen LogP contribution in [0.25, 0.3) is 0 Å². The molecule has 0 atom stereocenters. The van der Waals surface area contributed by atoms with Crippen molar-refractivity contribution >= 4 is 44.8 Å². The van der Waals surface area contributed by atoms with Crippen LogP contribution in [0.2, 0.25) is 5.02 Å². The number of fused-ring (bicyclic) bond motifs is 1. The van der Waals surface area contributed by atoms with E-state index in [1.165, 1.54) is 24.1 Å². The van der Waals surface area contributed by atoms with Gasteiger partial charge in [0, 0.05) is 30.5 Å². The zero-order valence-corrected chi connectivity index (χ0v) is 18.1. The van der Waals surface area contributed by atoms with Crippen molar-refractivity contribution in [3.05, 3.63) is 53.1 Å². The first-order chi connectivity index (χ1) is 13.4. The SMILES string of the molecule is CN1C(=O)C(C)(C)c2cc(S(=O)(=O)N(C)CC(=O)Nc3ccc(Cl)cc3)ccc21. The molecule has 0 saturated carbocycles. The second-order valence-corrected chi connectivity index (χ2v) is 9.97. The van der Waals surface area contributed by atoms with Gasteiger partial charge in [-0.15, -0.1) is 0 Å². The number of benzene rings is 2. The lowest BCUT2D eigenvalue weighted by Crippen LogP contribution is -2.35. The Morgan fingerprint density at radius 1 is 1.17 bits per heavy atom. The van der Waals surface area contributed by atoms with Crippen LogP contribution >= 0.6 is 11.6 Å². The Kier molecular flexibility index (Phi) is 5.46. The van der Waals surface area contributed by atoms with E-state index in [4.69, 9.17) is 11.6 Å². The van der Waals surface area contributed by atoms with Crippen LogP contribution in [0.1, 0.15) is 19.4 Å². The Morgan fingerprint density at radius 2 is 1.79 bits per heavy atom. The van der Waals surface area contributed by atoms with Gasteiger partial charge in [-0.25, -0.2) is 8.42 Å². The number of carbonyl (C=O) groups excluding carboxylic acids is 2. The van der Waals surface area contributed by atoms with E-state index < -0.39 is 21.3 Å². The minimum atomic E-state index is -3.92. The Balaban J connectivity index is 1.80. The van der Waals surface area contributed by atoms with Crippen LogP contribution in [0, 0.1) is 0 Å². The maximum atomic E-state index is 13.0. The first-order valence-corrected chi connectivity index (χ1v) is 10.7. The number of hydrogen-bond acceptors (Lipinski definition) is 4. The Labute approximate surface area is 175 Å². The molecule has 9 heteroatoms. The quantitative estimate of drug-likeness (QED) is 0.782. The van der Waals surface area contributed by atoms with E-state index in [2.05, 4.69) is 5.32 Å². The van der Waals surface area contributed by atoms with E-state index >= 15 is 0 Å². The molecule has 1 N–H and O–H groups in total. The number of likely N-dealkylation sites (N-methyl/N-ethyl adjacent to an activating group) is 2. The molecule has 3 rings (SSSR count). The highest BCUT2D eigenvalue weighted by Crippen LogP contribution is 2.41. The molecule has 1 heterocycles. The van der Waals surface area contributed by atoms with Crippen molar-refractivity contribution < 1.29 is 18.0 Å². The molecule has 29 heavy (non-hydrogen) atoms. The third kappa shape index (κ3) is 3.88. The number of halogens is 1. The third-order valence-electron chi connectivity index (χ3n) is 5.04. The molecule has 0 radical (unpaired) electrons. The van der Waals surface area contributed by atoms with Gasteiger partial charge in [-0.05, 0) is 61.9 Å². The summed E-state index contributed by atoms with van der Waals surface area (Å²) in [7, 11) is -0.914. The van der Waals surface area contributed by atoms with E-state index in [-0.39, 0.29) is 17.3 Å². The van der Waals surface area contributed by atoms with Crippen LogP contribution < -0.4 is 10.2 Å². The van der Waals surface area contributed by atoms with Gasteiger partial charge in [0.1, 0.15) is 0 Å². The van der Waals surface area contributed by atoms with Gasteiger partial charge in [-0.3, -0.25) is 9.59 Å². The van der Waals surface area contributed by atoms with Crippen LogP contribution in [0.15, 0.2) is 47.4 Å². The molecule has 0 bridgehead atoms. The van der Waals surface area contributed by atoms with Crippen molar-refractivity contribution in [1.82, 2.24) is 4.31 Å². The first-order valence-electron chi connectivity index (χ1n) is 8.89. The Morgan fingerprint density at radius 3 is 2.41 bits per heavy atom. The number of rotatable bonds is 5. The molecule has 2 amide bonds. The maximum Gasteiger partial charge on any atom is 0.243 e. The number of amides is 2. The van der Waals surface area contributed by atoms with Gasteiger partial charge in [0.25, 0.3) is 0 Å². The summed E-state index contributed by atoms with van der Waals surface area (Å²) in [5.41, 5.74) is 1.03. The Bertz CT molecular complexity index is 1080. The van der Waals surface area contributed by atoms with E-state index in [1.54, 1.807) is 51.2 Å². The summed E-state index contributed by atoms with van der Waals surface area (Å²) < 4.78 is 26.9. The summed E-state index contributed by atoms with van der Waals surface area (Å²) in [4.78, 5) is 26.2. The third-order valence-corrected chi connectivity index (χ3v) is 7.10. The van der Waals surface area contributed by atoms with Crippen LogP contribution in [-0.4, -0.2) is 45.2 Å². The molecule has 0 aromatic heterocycles. The number of anilines is 2. The van der Waals surface area contributed by atoms with Crippen molar-refractivity contribution in [1.29, 1.82) is 0 Å². The number of carbonyl (C=O) groups is 2. The highest BCUT2D eigenvalue weighted by molar-refractivity contribution is 7.89. The monoisotopic (exact) mass is 435 g/mol. The van der Waals surface area contributed by atoms with Crippen LogP contribution in [0.3, 0.4) is 0 Å². The number of nitrogens with zero attached hydrogens (tertiary/aromatic N) is 2. The zero-order chi connectivity index (χ0) is 21.6. The number of sulfonamides is 1. The molecule has 0 spiro atoms. The van der Waals surface area contributed by atoms with Crippen LogP contribution in [0.5, 0.6) is 0 Å². The van der Waals surface area contributed by atoms with Crippen molar-refractivity contribution in [2.45, 2.75) is 24.2 Å². The zero-order valence-electron chi connectivity index (χ0n) is 16.6. The van der Waals surface area contributed by atoms with Gasteiger partial charge < -0.3 is 10.2 Å². The fourth-order valence-electron chi connectivity index (χ4n) is 3.31. The fourth-order valence-corrected chi connectivity index (χ4v) is 4.59. The molecular formula is C20H22ClN3O4S. The van der Waals surface area contributed by atoms with Gasteiger partial charge in [0.05, 0.1) is 16.9 Å². The fraction of sp³-hybridized carbons (Fsp3) is 0.300. The molecular weight excluding hydrogens is 414 g/mol. The number of nitrogens with one attached hydrogen (secondary N) is 1. The molecule has 1 aliphatic heterocycles. The van der Waals surface area contributed by atoms with Crippen LogP contribution in [0.4, 0.5) is 11.4 Å². The largest absolute Gasteiger partial charge is 0.325 e. The molecule has 0 fully saturated rings. The summed E-state index contributed by atoms with van der Waals surface area (Å²) >= 11 is 5.81. The van der Waals surface area contributed by atoms with Crippen molar-refractivity contribution in [2.24, 2.45) is 0 Å². The van der Waals surface area contributed by atoms with Crippen molar-refractivity contribution in [3.63, 3.8) is 0 Å². The van der Waals surface area contributed by atoms with E-state index in [1.807, 2.05) is 0 Å². The van der Waals surface area contributed by atoms with Crippen molar-refractivity contribution in [3.8, 4) is 0 Å². The molecule has 7 nitrogen and oxygen atoms in total. The van der Waals surface area contributed by atoms with Crippen LogP contribution in [-0.2, 0) is 25.0 Å². The lowest BCUT2D eigenvalue weighted by Gasteiger charge is -2.19. The summed E-state index contributed by atoms with van der Waals surface area (Å²) in [5, 5.41) is 3.17. The molecule has 0 saturated heterocycles. The minimum absolute atomic E-state index is 0.0363. The summed E-state index contributed by atoms with van der Waals surface area (Å²) in [6.45, 7) is 3.17. The van der Waals surface area contributed by atoms with E-state index in [0.29, 0.717) is 22.0 Å². The first kappa shape index (κ1) is 21.3. The highest BCUT2D eigenvalue weighted by Gasteiger charge is 2.43. The van der Waals surface area contributed by atoms with Gasteiger partial charge in [0.2, 0.25) is 21.8 Å². The summed E-state index contributed by atoms with van der Waals surface area (Å²) in [5.74, 6) is -0.576. The predicted molar refractivity (Wildman–Crippen MR) is 113 cm³/mol. The lowest BCUT2D eigenvalue weighted by molar-refractivity contribution is -0.121. The van der Waals surface area contributed by atoms with Gasteiger partial charge in [0.15, 0.2) is 0 Å². The topological polar surface area (TPSA) is 86.8 Å². The summed E-state index contributed by atoms with van der Waals surface area (Å²) in [6.07, 6.45) is 0. The van der Waals surface area contributed by atoms with Crippen molar-refractivity contribution in [2.75, 3.05) is 30.9 Å². The molecule has 0 unspecified atom stereocenters. The number of hydrogen-bond donors (Lipinski definition) is 1. The van der Waals surface area contributed by atoms with Gasteiger partial charge >= 0.3 is 0 Å². The second-order valence-electron chi connectivity index (χ2n) is 7.48. The minimum Gasteiger partial charge on any atom is -0.325 e. The standard InChI is InChI=1S/C20H22ClN3O4S/c1-20(2)16-11-15(9-10-17(16)24(4)19(20)26)29(27,28)23(3)12-18(25)22-14-7-5-13(21)6-8-14/h5-11H,12H2,1-4H3,(H,22,25). The predicted octanol–water partition coefficient (Wildman–Crippen LogP) is 2.85. The normalized spacial score (nSPS) is 15.5. The maximum absolute atomic E-state index is 13.0. The average Bonchev–Trinajstić information content (AvgIpc) is 2.83. The molecule has 154 valence electrons. The van der Waals surface area contributed by atoms with E-state index in [9.17, 15) is 18.0 Å². The molecule has 2 aromatic rings. The molecule has 2 aromatic carbocycles. The highest BCUT2D eigenvalue weighted by atomic mass is 35.5.